The van der Waals surface area contributed by atoms with Gasteiger partial charge in [-0.2, -0.15) is 9.29 Å². The van der Waals surface area contributed by atoms with E-state index in [4.69, 9.17) is 9.26 Å². The highest BCUT2D eigenvalue weighted by molar-refractivity contribution is 7.89. The number of hydrogen-bond donors (Lipinski definition) is 0. The molecule has 13 heteroatoms. The molecule has 0 radical (unpaired) electrons. The number of aryl methyl sites for hydroxylation is 1. The molecule has 34 heavy (non-hydrogen) atoms. The summed E-state index contributed by atoms with van der Waals surface area (Å²) in [6.07, 6.45) is 0. The van der Waals surface area contributed by atoms with Gasteiger partial charge in [0.15, 0.2) is 4.90 Å². The Morgan fingerprint density at radius 1 is 1.12 bits per heavy atom. The fraction of sp³-hybridized carbons (Fsp3) is 0.286. The van der Waals surface area contributed by atoms with E-state index in [1.807, 2.05) is 0 Å². The molecule has 0 N–H and O–H groups in total. The molecule has 0 saturated carbocycles. The summed E-state index contributed by atoms with van der Waals surface area (Å²) in [5.74, 6) is 0.788. The Kier molecular flexibility index (Phi) is 6.30. The first-order valence-corrected chi connectivity index (χ1v) is 11.7. The van der Waals surface area contributed by atoms with Crippen LogP contribution in [-0.2, 0) is 10.0 Å². The third-order valence-electron chi connectivity index (χ3n) is 5.42. The molecule has 1 aliphatic rings. The number of carbonyl (C=O) groups excluding carboxylic acids is 1. The summed E-state index contributed by atoms with van der Waals surface area (Å²) in [6, 6.07) is 10.3. The largest absolute Gasteiger partial charge is 0.497 e. The molecule has 2 heterocycles. The van der Waals surface area contributed by atoms with Crippen molar-refractivity contribution in [2.75, 3.05) is 33.3 Å². The Labute approximate surface area is 194 Å². The van der Waals surface area contributed by atoms with E-state index in [1.54, 1.807) is 36.1 Å². The van der Waals surface area contributed by atoms with Crippen molar-refractivity contribution in [2.24, 2.45) is 0 Å². The highest BCUT2D eigenvalue weighted by atomic mass is 32.2. The number of piperazine rings is 1. The van der Waals surface area contributed by atoms with E-state index in [2.05, 4.69) is 10.1 Å². The highest BCUT2D eigenvalue weighted by Crippen LogP contribution is 2.31. The van der Waals surface area contributed by atoms with Gasteiger partial charge in [-0.05, 0) is 24.3 Å². The summed E-state index contributed by atoms with van der Waals surface area (Å²) >= 11 is 0. The van der Waals surface area contributed by atoms with Crippen LogP contribution in [0.5, 0.6) is 5.75 Å². The summed E-state index contributed by atoms with van der Waals surface area (Å²) in [4.78, 5) is 28.9. The van der Waals surface area contributed by atoms with E-state index in [1.165, 1.54) is 13.2 Å². The molecule has 4 rings (SSSR count). The van der Waals surface area contributed by atoms with Crippen LogP contribution in [0.1, 0.15) is 16.2 Å². The Morgan fingerprint density at radius 2 is 1.79 bits per heavy atom. The average Bonchev–Trinajstić information content (AvgIpc) is 3.29. The van der Waals surface area contributed by atoms with Crippen LogP contribution in [0.4, 0.5) is 5.69 Å². The SMILES string of the molecule is COc1ccc(S(=O)(=O)N2CCN(C(=O)c3ccc(-c4noc(C)n4)cc3)CC2)c([N+](=O)[O-])c1. The summed E-state index contributed by atoms with van der Waals surface area (Å²) < 4.78 is 37.3. The van der Waals surface area contributed by atoms with Gasteiger partial charge < -0.3 is 14.2 Å². The summed E-state index contributed by atoms with van der Waals surface area (Å²) in [5.41, 5.74) is 0.575. The molecule has 1 aromatic heterocycles. The third kappa shape index (κ3) is 4.47. The van der Waals surface area contributed by atoms with Crippen LogP contribution in [-0.4, -0.2) is 71.9 Å². The zero-order chi connectivity index (χ0) is 24.5. The summed E-state index contributed by atoms with van der Waals surface area (Å²) in [5, 5.41) is 15.3. The second kappa shape index (κ2) is 9.19. The monoisotopic (exact) mass is 487 g/mol. The number of methoxy groups -OCH3 is 1. The molecule has 12 nitrogen and oxygen atoms in total. The Morgan fingerprint density at radius 3 is 2.35 bits per heavy atom. The lowest BCUT2D eigenvalue weighted by Gasteiger charge is -2.34. The van der Waals surface area contributed by atoms with Gasteiger partial charge in [-0.25, -0.2) is 8.42 Å². The fourth-order valence-electron chi connectivity index (χ4n) is 3.62. The number of aromatic nitrogens is 2. The minimum atomic E-state index is -4.14. The first-order chi connectivity index (χ1) is 16.2. The summed E-state index contributed by atoms with van der Waals surface area (Å²) in [7, 11) is -2.80. The van der Waals surface area contributed by atoms with Crippen molar-refractivity contribution in [1.82, 2.24) is 19.3 Å². The quantitative estimate of drug-likeness (QED) is 0.376. The van der Waals surface area contributed by atoms with Gasteiger partial charge in [0, 0.05) is 44.2 Å². The second-order valence-electron chi connectivity index (χ2n) is 7.50. The molecular formula is C21H21N5O7S. The van der Waals surface area contributed by atoms with E-state index in [9.17, 15) is 23.3 Å². The van der Waals surface area contributed by atoms with Crippen LogP contribution in [0.25, 0.3) is 11.4 Å². The van der Waals surface area contributed by atoms with Gasteiger partial charge in [0.1, 0.15) is 5.75 Å². The van der Waals surface area contributed by atoms with Gasteiger partial charge in [0.05, 0.1) is 18.1 Å². The number of carbonyl (C=O) groups is 1. The standard InChI is InChI=1S/C21H21N5O7S/c1-14-22-20(23-33-14)15-3-5-16(6-4-15)21(27)24-9-11-25(12-10-24)34(30,31)19-8-7-17(32-2)13-18(19)26(28)29/h3-8,13H,9-12H2,1-2H3. The van der Waals surface area contributed by atoms with Crippen molar-refractivity contribution in [2.45, 2.75) is 11.8 Å². The van der Waals surface area contributed by atoms with Gasteiger partial charge in [-0.15, -0.1) is 0 Å². The second-order valence-corrected chi connectivity index (χ2v) is 9.41. The third-order valence-corrected chi connectivity index (χ3v) is 7.37. The first kappa shape index (κ1) is 23.3. The van der Waals surface area contributed by atoms with Crippen LogP contribution in [0.15, 0.2) is 51.9 Å². The molecular weight excluding hydrogens is 466 g/mol. The van der Waals surface area contributed by atoms with E-state index in [0.29, 0.717) is 22.8 Å². The van der Waals surface area contributed by atoms with E-state index < -0.39 is 25.5 Å². The predicted molar refractivity (Wildman–Crippen MR) is 119 cm³/mol. The van der Waals surface area contributed by atoms with Crippen LogP contribution >= 0.6 is 0 Å². The van der Waals surface area contributed by atoms with Crippen LogP contribution in [0.2, 0.25) is 0 Å². The fourth-order valence-corrected chi connectivity index (χ4v) is 5.18. The molecule has 1 fully saturated rings. The highest BCUT2D eigenvalue weighted by Gasteiger charge is 2.35. The van der Waals surface area contributed by atoms with Crippen molar-refractivity contribution in [1.29, 1.82) is 0 Å². The van der Waals surface area contributed by atoms with Crippen molar-refractivity contribution in [3.05, 3.63) is 64.0 Å². The maximum atomic E-state index is 13.1. The lowest BCUT2D eigenvalue weighted by Crippen LogP contribution is -2.50. The average molecular weight is 487 g/mol. The van der Waals surface area contributed by atoms with Crippen molar-refractivity contribution in [3.63, 3.8) is 0 Å². The van der Waals surface area contributed by atoms with Gasteiger partial charge in [0.25, 0.3) is 11.6 Å². The number of amides is 1. The molecule has 0 unspecified atom stereocenters. The number of nitro benzene ring substituents is 1. The maximum absolute atomic E-state index is 13.1. The predicted octanol–water partition coefficient (Wildman–Crippen LogP) is 2.11. The van der Waals surface area contributed by atoms with Gasteiger partial charge in [0.2, 0.25) is 21.7 Å². The number of benzene rings is 2. The molecule has 0 aliphatic carbocycles. The molecule has 178 valence electrons. The normalized spacial score (nSPS) is 14.7. The van der Waals surface area contributed by atoms with E-state index in [0.717, 1.165) is 16.4 Å². The van der Waals surface area contributed by atoms with E-state index in [-0.39, 0.29) is 37.8 Å². The lowest BCUT2D eigenvalue weighted by atomic mass is 10.1. The van der Waals surface area contributed by atoms with Crippen LogP contribution < -0.4 is 4.74 Å². The van der Waals surface area contributed by atoms with E-state index >= 15 is 0 Å². The van der Waals surface area contributed by atoms with Crippen molar-refractivity contribution < 1.29 is 27.4 Å². The minimum Gasteiger partial charge on any atom is -0.497 e. The van der Waals surface area contributed by atoms with Gasteiger partial charge >= 0.3 is 0 Å². The van der Waals surface area contributed by atoms with Crippen LogP contribution in [0, 0.1) is 17.0 Å². The lowest BCUT2D eigenvalue weighted by molar-refractivity contribution is -0.387. The number of nitrogens with zero attached hydrogens (tertiary/aromatic N) is 5. The van der Waals surface area contributed by atoms with Gasteiger partial charge in [-0.3, -0.25) is 14.9 Å². The molecule has 0 atom stereocenters. The van der Waals surface area contributed by atoms with Crippen molar-refractivity contribution in [3.8, 4) is 17.1 Å². The first-order valence-electron chi connectivity index (χ1n) is 10.2. The Hall–Kier alpha value is -3.84. The molecule has 1 amide bonds. The molecule has 1 aliphatic heterocycles. The van der Waals surface area contributed by atoms with Gasteiger partial charge in [-0.1, -0.05) is 17.3 Å². The van der Waals surface area contributed by atoms with Crippen molar-refractivity contribution >= 4 is 21.6 Å². The zero-order valence-corrected chi connectivity index (χ0v) is 19.2. The molecule has 1 saturated heterocycles. The molecule has 0 bridgehead atoms. The minimum absolute atomic E-state index is 0.0114. The number of ether oxygens (including phenoxy) is 1. The maximum Gasteiger partial charge on any atom is 0.293 e. The Balaban J connectivity index is 1.46. The number of hydrogen-bond acceptors (Lipinski definition) is 9. The molecule has 3 aromatic rings. The molecule has 2 aromatic carbocycles. The summed E-state index contributed by atoms with van der Waals surface area (Å²) in [6.45, 7) is 2.00. The number of nitro groups is 1. The van der Waals surface area contributed by atoms with Crippen LogP contribution in [0.3, 0.4) is 0 Å². The molecule has 0 spiro atoms. The number of sulfonamides is 1. The number of rotatable bonds is 6. The topological polar surface area (TPSA) is 149 Å². The smallest absolute Gasteiger partial charge is 0.293 e. The Bertz CT molecular complexity index is 1330. The zero-order valence-electron chi connectivity index (χ0n) is 18.4.